The number of furan rings is 1. The molecule has 3 nitrogen and oxygen atoms in total. The van der Waals surface area contributed by atoms with E-state index in [1.807, 2.05) is 44.2 Å². The first-order valence-electron chi connectivity index (χ1n) is 6.90. The van der Waals surface area contributed by atoms with Crippen molar-refractivity contribution >= 4 is 16.9 Å². The van der Waals surface area contributed by atoms with E-state index in [4.69, 9.17) is 4.42 Å². The van der Waals surface area contributed by atoms with Crippen LogP contribution in [0.3, 0.4) is 0 Å². The molecule has 1 aromatic heterocycles. The molecule has 1 N–H and O–H groups in total. The predicted molar refractivity (Wildman–Crippen MR) is 76.8 cm³/mol. The summed E-state index contributed by atoms with van der Waals surface area (Å²) in [6.07, 6.45) is 1.94. The lowest BCUT2D eigenvalue weighted by molar-refractivity contribution is -0.125. The fourth-order valence-electron chi connectivity index (χ4n) is 2.21. The number of para-hydroxylation sites is 1. The summed E-state index contributed by atoms with van der Waals surface area (Å²) in [5.74, 6) is 0.949. The summed E-state index contributed by atoms with van der Waals surface area (Å²) in [5, 5.41) is 4.08. The number of amides is 1. The van der Waals surface area contributed by atoms with E-state index in [1.54, 1.807) is 0 Å². The first-order valence-corrected chi connectivity index (χ1v) is 6.90. The third-order valence-electron chi connectivity index (χ3n) is 3.40. The number of benzene rings is 1. The molecule has 3 heteroatoms. The molecule has 1 amide bonds. The summed E-state index contributed by atoms with van der Waals surface area (Å²) in [5.41, 5.74) is 0.861. The largest absolute Gasteiger partial charge is 0.459 e. The fourth-order valence-corrected chi connectivity index (χ4v) is 2.21. The lowest BCUT2D eigenvalue weighted by Crippen LogP contribution is -2.31. The molecule has 0 aliphatic heterocycles. The number of carbonyl (C=O) groups is 1. The normalized spacial score (nSPS) is 14.3. The van der Waals surface area contributed by atoms with Crippen molar-refractivity contribution in [2.75, 3.05) is 0 Å². The smallest absolute Gasteiger partial charge is 0.223 e. The van der Waals surface area contributed by atoms with Gasteiger partial charge in [-0.3, -0.25) is 4.79 Å². The summed E-state index contributed by atoms with van der Waals surface area (Å²) in [7, 11) is 0. The molecule has 19 heavy (non-hydrogen) atoms. The average molecular weight is 259 g/mol. The van der Waals surface area contributed by atoms with Gasteiger partial charge in [-0.25, -0.2) is 0 Å². The van der Waals surface area contributed by atoms with Crippen LogP contribution in [-0.4, -0.2) is 5.91 Å². The molecule has 2 unspecified atom stereocenters. The van der Waals surface area contributed by atoms with Crippen molar-refractivity contribution in [3.8, 4) is 0 Å². The molecule has 0 saturated heterocycles. The van der Waals surface area contributed by atoms with E-state index < -0.39 is 0 Å². The quantitative estimate of drug-likeness (QED) is 0.880. The highest BCUT2D eigenvalue weighted by molar-refractivity contribution is 5.80. The van der Waals surface area contributed by atoms with Crippen LogP contribution in [0.4, 0.5) is 0 Å². The van der Waals surface area contributed by atoms with Crippen molar-refractivity contribution < 1.29 is 9.21 Å². The lowest BCUT2D eigenvalue weighted by atomic mass is 10.0. The van der Waals surface area contributed by atoms with E-state index in [0.29, 0.717) is 0 Å². The SMILES string of the molecule is CCCC(C)C(=O)NC(C)c1cc2ccccc2o1. The minimum Gasteiger partial charge on any atom is -0.459 e. The van der Waals surface area contributed by atoms with E-state index in [9.17, 15) is 4.79 Å². The third kappa shape index (κ3) is 3.16. The molecule has 0 fully saturated rings. The molecule has 0 aliphatic carbocycles. The summed E-state index contributed by atoms with van der Waals surface area (Å²) in [4.78, 5) is 12.0. The van der Waals surface area contributed by atoms with Gasteiger partial charge in [0.2, 0.25) is 5.91 Å². The average Bonchev–Trinajstić information content (AvgIpc) is 2.82. The molecule has 0 aliphatic rings. The Morgan fingerprint density at radius 3 is 2.74 bits per heavy atom. The Morgan fingerprint density at radius 1 is 1.32 bits per heavy atom. The topological polar surface area (TPSA) is 42.2 Å². The zero-order valence-corrected chi connectivity index (χ0v) is 11.8. The zero-order valence-electron chi connectivity index (χ0n) is 11.8. The summed E-state index contributed by atoms with van der Waals surface area (Å²) in [6.45, 7) is 6.00. The third-order valence-corrected chi connectivity index (χ3v) is 3.40. The Kier molecular flexibility index (Phi) is 4.25. The molecule has 102 valence electrons. The Labute approximate surface area is 114 Å². The molecule has 0 spiro atoms. The van der Waals surface area contributed by atoms with Crippen LogP contribution in [0.1, 0.15) is 45.4 Å². The van der Waals surface area contributed by atoms with Crippen LogP contribution in [-0.2, 0) is 4.79 Å². The van der Waals surface area contributed by atoms with Crippen LogP contribution >= 0.6 is 0 Å². The first-order chi connectivity index (χ1) is 9.11. The summed E-state index contributed by atoms with van der Waals surface area (Å²) < 4.78 is 5.76. The van der Waals surface area contributed by atoms with Gasteiger partial charge < -0.3 is 9.73 Å². The van der Waals surface area contributed by atoms with Gasteiger partial charge in [0.15, 0.2) is 0 Å². The number of fused-ring (bicyclic) bond motifs is 1. The van der Waals surface area contributed by atoms with E-state index in [0.717, 1.165) is 29.6 Å². The van der Waals surface area contributed by atoms with Gasteiger partial charge in [0, 0.05) is 11.3 Å². The van der Waals surface area contributed by atoms with Gasteiger partial charge in [0.25, 0.3) is 0 Å². The van der Waals surface area contributed by atoms with E-state index in [1.165, 1.54) is 0 Å². The van der Waals surface area contributed by atoms with Crippen LogP contribution in [0.5, 0.6) is 0 Å². The Hall–Kier alpha value is -1.77. The number of hydrogen-bond donors (Lipinski definition) is 1. The van der Waals surface area contributed by atoms with Gasteiger partial charge in [-0.15, -0.1) is 0 Å². The lowest BCUT2D eigenvalue weighted by Gasteiger charge is -2.15. The van der Waals surface area contributed by atoms with Gasteiger partial charge in [0.1, 0.15) is 11.3 Å². The standard InChI is InChI=1S/C16H21NO2/c1-4-7-11(2)16(18)17-12(3)15-10-13-8-5-6-9-14(13)19-15/h5-6,8-12H,4,7H2,1-3H3,(H,17,18). The second kappa shape index (κ2) is 5.91. The molecule has 2 atom stereocenters. The molecule has 0 saturated carbocycles. The van der Waals surface area contributed by atoms with Crippen molar-refractivity contribution in [3.05, 3.63) is 36.1 Å². The molecule has 0 radical (unpaired) electrons. The molecule has 1 aromatic carbocycles. The first kappa shape index (κ1) is 13.7. The Morgan fingerprint density at radius 2 is 2.05 bits per heavy atom. The molecule has 0 bridgehead atoms. The highest BCUT2D eigenvalue weighted by Crippen LogP contribution is 2.23. The fraction of sp³-hybridized carbons (Fsp3) is 0.438. The Balaban J connectivity index is 2.07. The van der Waals surface area contributed by atoms with Crippen molar-refractivity contribution in [2.24, 2.45) is 5.92 Å². The van der Waals surface area contributed by atoms with Crippen molar-refractivity contribution in [3.63, 3.8) is 0 Å². The van der Waals surface area contributed by atoms with Crippen molar-refractivity contribution in [1.29, 1.82) is 0 Å². The van der Waals surface area contributed by atoms with Crippen LogP contribution in [0.2, 0.25) is 0 Å². The molecule has 1 heterocycles. The van der Waals surface area contributed by atoms with Gasteiger partial charge in [-0.05, 0) is 25.5 Å². The number of nitrogens with one attached hydrogen (secondary N) is 1. The molecular weight excluding hydrogens is 238 g/mol. The van der Waals surface area contributed by atoms with Gasteiger partial charge in [-0.1, -0.05) is 38.5 Å². The van der Waals surface area contributed by atoms with Gasteiger partial charge >= 0.3 is 0 Å². The van der Waals surface area contributed by atoms with E-state index >= 15 is 0 Å². The monoisotopic (exact) mass is 259 g/mol. The van der Waals surface area contributed by atoms with E-state index in [-0.39, 0.29) is 17.9 Å². The minimum atomic E-state index is -0.0980. The number of hydrogen-bond acceptors (Lipinski definition) is 2. The summed E-state index contributed by atoms with van der Waals surface area (Å²) >= 11 is 0. The number of carbonyl (C=O) groups excluding carboxylic acids is 1. The van der Waals surface area contributed by atoms with Crippen LogP contribution in [0, 0.1) is 5.92 Å². The van der Waals surface area contributed by atoms with Crippen molar-refractivity contribution in [1.82, 2.24) is 5.32 Å². The maximum Gasteiger partial charge on any atom is 0.223 e. The maximum absolute atomic E-state index is 12.0. The molecule has 2 aromatic rings. The van der Waals surface area contributed by atoms with Gasteiger partial charge in [-0.2, -0.15) is 0 Å². The van der Waals surface area contributed by atoms with Crippen LogP contribution in [0.15, 0.2) is 34.7 Å². The van der Waals surface area contributed by atoms with Crippen LogP contribution in [0.25, 0.3) is 11.0 Å². The second-order valence-corrected chi connectivity index (χ2v) is 5.11. The van der Waals surface area contributed by atoms with Gasteiger partial charge in [0.05, 0.1) is 6.04 Å². The second-order valence-electron chi connectivity index (χ2n) is 5.11. The highest BCUT2D eigenvalue weighted by atomic mass is 16.3. The molecular formula is C16H21NO2. The zero-order chi connectivity index (χ0) is 13.8. The molecule has 2 rings (SSSR count). The van der Waals surface area contributed by atoms with E-state index in [2.05, 4.69) is 12.2 Å². The minimum absolute atomic E-state index is 0.0526. The Bertz CT molecular complexity index is 526. The number of rotatable bonds is 5. The van der Waals surface area contributed by atoms with Crippen LogP contribution < -0.4 is 5.32 Å². The highest BCUT2D eigenvalue weighted by Gasteiger charge is 2.17. The predicted octanol–water partition coefficient (Wildman–Crippen LogP) is 4.05. The van der Waals surface area contributed by atoms with Crippen molar-refractivity contribution in [2.45, 2.75) is 39.7 Å². The maximum atomic E-state index is 12.0. The summed E-state index contributed by atoms with van der Waals surface area (Å²) in [6, 6.07) is 9.77.